The van der Waals surface area contributed by atoms with Crippen molar-refractivity contribution in [3.63, 3.8) is 0 Å². The Balaban J connectivity index is 1.97. The summed E-state index contributed by atoms with van der Waals surface area (Å²) in [5.74, 6) is 0.910. The van der Waals surface area contributed by atoms with E-state index < -0.39 is 0 Å². The summed E-state index contributed by atoms with van der Waals surface area (Å²) < 4.78 is 7.88. The summed E-state index contributed by atoms with van der Waals surface area (Å²) >= 11 is 1.60. The monoisotopic (exact) mass is 449 g/mol. The molecule has 0 saturated carbocycles. The van der Waals surface area contributed by atoms with Crippen molar-refractivity contribution < 1.29 is 9.53 Å². The van der Waals surface area contributed by atoms with Crippen LogP contribution in [0.5, 0.6) is 5.75 Å². The molecule has 5 nitrogen and oxygen atoms in total. The fraction of sp³-hybridized carbons (Fsp3) is 0.385. The van der Waals surface area contributed by atoms with Crippen molar-refractivity contribution in [1.82, 2.24) is 14.5 Å². The van der Waals surface area contributed by atoms with Crippen molar-refractivity contribution in [3.05, 3.63) is 52.2 Å². The number of thiazole rings is 1. The van der Waals surface area contributed by atoms with Gasteiger partial charge in [-0.2, -0.15) is 0 Å². The molecule has 0 spiro atoms. The molecule has 0 bridgehead atoms. The maximum atomic E-state index is 13.5. The normalized spacial score (nSPS) is 12.7. The standard InChI is InChI=1S/C26H31N3O2S/c1-16(2)12-18-13-19-17(14-22(18)31-7)8-10-29-21(25(30)28(6)26(3,4)5)15-20(23(19)29)24-27-9-11-32-24/h9,11-15H,8,10H2,1-7H3. The van der Waals surface area contributed by atoms with Gasteiger partial charge in [0.1, 0.15) is 16.5 Å². The molecule has 1 aliphatic heterocycles. The summed E-state index contributed by atoms with van der Waals surface area (Å²) in [6.07, 6.45) is 4.81. The number of allylic oxidation sites excluding steroid dienone is 1. The maximum Gasteiger partial charge on any atom is 0.270 e. The quantitative estimate of drug-likeness (QED) is 0.481. The molecule has 1 amide bonds. The SMILES string of the molecule is COc1cc2c(cc1C=C(C)C)-c1c(-c3nccs3)cc(C(=O)N(C)C(C)(C)C)n1CC2. The molecule has 0 atom stereocenters. The van der Waals surface area contributed by atoms with Gasteiger partial charge in [-0.05, 0) is 64.8 Å². The third-order valence-electron chi connectivity index (χ3n) is 6.05. The highest BCUT2D eigenvalue weighted by molar-refractivity contribution is 7.13. The van der Waals surface area contributed by atoms with Gasteiger partial charge in [0, 0.05) is 47.4 Å². The summed E-state index contributed by atoms with van der Waals surface area (Å²) in [7, 11) is 3.59. The Morgan fingerprint density at radius 1 is 1.22 bits per heavy atom. The third-order valence-corrected chi connectivity index (χ3v) is 6.86. The lowest BCUT2D eigenvalue weighted by Gasteiger charge is -2.32. The van der Waals surface area contributed by atoms with Crippen molar-refractivity contribution in [2.45, 2.75) is 53.1 Å². The number of carbonyl (C=O) groups is 1. The molecule has 168 valence electrons. The predicted molar refractivity (Wildman–Crippen MR) is 132 cm³/mol. The van der Waals surface area contributed by atoms with Gasteiger partial charge < -0.3 is 14.2 Å². The first-order valence-corrected chi connectivity index (χ1v) is 11.8. The van der Waals surface area contributed by atoms with E-state index in [-0.39, 0.29) is 11.4 Å². The summed E-state index contributed by atoms with van der Waals surface area (Å²) in [6, 6.07) is 6.37. The summed E-state index contributed by atoms with van der Waals surface area (Å²) in [6.45, 7) is 11.1. The summed E-state index contributed by atoms with van der Waals surface area (Å²) in [4.78, 5) is 19.9. The Bertz CT molecular complexity index is 1190. The van der Waals surface area contributed by atoms with E-state index in [1.807, 2.05) is 29.6 Å². The first-order chi connectivity index (χ1) is 15.1. The van der Waals surface area contributed by atoms with Gasteiger partial charge in [-0.3, -0.25) is 4.79 Å². The Morgan fingerprint density at radius 3 is 2.56 bits per heavy atom. The van der Waals surface area contributed by atoms with Crippen LogP contribution in [0.2, 0.25) is 0 Å². The largest absolute Gasteiger partial charge is 0.496 e. The maximum absolute atomic E-state index is 13.5. The molecule has 0 saturated heterocycles. The van der Waals surface area contributed by atoms with E-state index in [0.717, 1.165) is 46.1 Å². The van der Waals surface area contributed by atoms with Crippen LogP contribution in [-0.2, 0) is 13.0 Å². The Labute approximate surface area is 194 Å². The van der Waals surface area contributed by atoms with Gasteiger partial charge in [0.15, 0.2) is 0 Å². The van der Waals surface area contributed by atoms with Crippen LogP contribution in [0, 0.1) is 0 Å². The lowest BCUT2D eigenvalue weighted by atomic mass is 9.93. The fourth-order valence-electron chi connectivity index (χ4n) is 4.14. The molecule has 0 aliphatic carbocycles. The molecule has 0 unspecified atom stereocenters. The van der Waals surface area contributed by atoms with Gasteiger partial charge in [-0.15, -0.1) is 11.3 Å². The zero-order valence-corrected chi connectivity index (χ0v) is 20.8. The molecule has 1 aliphatic rings. The van der Waals surface area contributed by atoms with Crippen LogP contribution >= 0.6 is 11.3 Å². The Morgan fingerprint density at radius 2 is 1.97 bits per heavy atom. The lowest BCUT2D eigenvalue weighted by Crippen LogP contribution is -2.43. The summed E-state index contributed by atoms with van der Waals surface area (Å²) in [5.41, 5.74) is 7.17. The predicted octanol–water partition coefficient (Wildman–Crippen LogP) is 6.14. The minimum absolute atomic E-state index is 0.0306. The number of aryl methyl sites for hydroxylation is 1. The third kappa shape index (κ3) is 3.88. The second kappa shape index (κ2) is 8.24. The Hall–Kier alpha value is -2.86. The number of rotatable bonds is 4. The second-order valence-electron chi connectivity index (χ2n) is 9.54. The minimum Gasteiger partial charge on any atom is -0.496 e. The number of ether oxygens (including phenoxy) is 1. The highest BCUT2D eigenvalue weighted by Gasteiger charge is 2.32. The number of amides is 1. The minimum atomic E-state index is -0.264. The highest BCUT2D eigenvalue weighted by Crippen LogP contribution is 2.43. The molecule has 2 aromatic heterocycles. The van der Waals surface area contributed by atoms with Gasteiger partial charge in [0.25, 0.3) is 5.91 Å². The molecule has 3 aromatic rings. The average molecular weight is 450 g/mol. The zero-order valence-electron chi connectivity index (χ0n) is 19.9. The van der Waals surface area contributed by atoms with Crippen molar-refractivity contribution >= 4 is 23.3 Å². The molecule has 1 aromatic carbocycles. The molecule has 3 heterocycles. The van der Waals surface area contributed by atoms with Crippen molar-refractivity contribution in [1.29, 1.82) is 0 Å². The zero-order chi connectivity index (χ0) is 23.2. The van der Waals surface area contributed by atoms with Crippen LogP contribution in [0.3, 0.4) is 0 Å². The van der Waals surface area contributed by atoms with Crippen LogP contribution in [0.1, 0.15) is 56.2 Å². The van der Waals surface area contributed by atoms with Gasteiger partial charge in [0.2, 0.25) is 0 Å². The number of aromatic nitrogens is 2. The van der Waals surface area contributed by atoms with Crippen molar-refractivity contribution in [3.8, 4) is 27.6 Å². The number of benzene rings is 1. The Kier molecular flexibility index (Phi) is 5.76. The van der Waals surface area contributed by atoms with Crippen LogP contribution in [0.15, 0.2) is 35.3 Å². The van der Waals surface area contributed by atoms with Gasteiger partial charge >= 0.3 is 0 Å². The molecule has 4 rings (SSSR count). The van der Waals surface area contributed by atoms with Gasteiger partial charge in [-0.1, -0.05) is 11.6 Å². The van der Waals surface area contributed by atoms with Crippen molar-refractivity contribution in [2.24, 2.45) is 0 Å². The number of hydrogen-bond acceptors (Lipinski definition) is 4. The van der Waals surface area contributed by atoms with E-state index in [9.17, 15) is 4.79 Å². The van der Waals surface area contributed by atoms with Crippen LogP contribution in [0.25, 0.3) is 27.9 Å². The van der Waals surface area contributed by atoms with E-state index in [0.29, 0.717) is 5.69 Å². The van der Waals surface area contributed by atoms with Crippen LogP contribution in [0.4, 0.5) is 0 Å². The number of hydrogen-bond donors (Lipinski definition) is 0. The smallest absolute Gasteiger partial charge is 0.270 e. The molecular formula is C26H31N3O2S. The number of nitrogens with zero attached hydrogens (tertiary/aromatic N) is 3. The molecule has 32 heavy (non-hydrogen) atoms. The number of carbonyl (C=O) groups excluding carboxylic acids is 1. The van der Waals surface area contributed by atoms with E-state index in [2.05, 4.69) is 62.4 Å². The highest BCUT2D eigenvalue weighted by atomic mass is 32.1. The average Bonchev–Trinajstić information content (AvgIpc) is 3.38. The van der Waals surface area contributed by atoms with Gasteiger partial charge in [-0.25, -0.2) is 4.98 Å². The first kappa shape index (κ1) is 22.3. The lowest BCUT2D eigenvalue weighted by molar-refractivity contribution is 0.0644. The second-order valence-corrected chi connectivity index (χ2v) is 10.4. The fourth-order valence-corrected chi connectivity index (χ4v) is 4.80. The topological polar surface area (TPSA) is 47.4 Å². The van der Waals surface area contributed by atoms with E-state index >= 15 is 0 Å². The molecule has 0 radical (unpaired) electrons. The first-order valence-electron chi connectivity index (χ1n) is 10.9. The number of methoxy groups -OCH3 is 1. The molecule has 6 heteroatoms. The van der Waals surface area contributed by atoms with E-state index in [1.165, 1.54) is 11.1 Å². The molecular weight excluding hydrogens is 418 g/mol. The van der Waals surface area contributed by atoms with E-state index in [4.69, 9.17) is 4.74 Å². The van der Waals surface area contributed by atoms with Crippen LogP contribution in [-0.4, -0.2) is 40.1 Å². The van der Waals surface area contributed by atoms with Crippen molar-refractivity contribution in [2.75, 3.05) is 14.2 Å². The van der Waals surface area contributed by atoms with Crippen LogP contribution < -0.4 is 4.74 Å². The number of fused-ring (bicyclic) bond motifs is 3. The molecule has 0 N–H and O–H groups in total. The van der Waals surface area contributed by atoms with E-state index in [1.54, 1.807) is 18.4 Å². The van der Waals surface area contributed by atoms with Gasteiger partial charge in [0.05, 0.1) is 12.8 Å². The summed E-state index contributed by atoms with van der Waals surface area (Å²) in [5, 5.41) is 2.91. The molecule has 0 fully saturated rings.